The van der Waals surface area contributed by atoms with Crippen molar-refractivity contribution in [3.8, 4) is 0 Å². The van der Waals surface area contributed by atoms with Gasteiger partial charge >= 0.3 is 6.03 Å². The molecule has 8 nitrogen and oxygen atoms in total. The third-order valence-corrected chi connectivity index (χ3v) is 8.71. The number of benzene rings is 3. The number of piperazine rings is 1. The Hall–Kier alpha value is -3.27. The molecule has 9 heteroatoms. The minimum Gasteiger partial charge on any atom is -0.319 e. The normalized spacial score (nSPS) is 22.0. The Bertz CT molecular complexity index is 1370. The number of sulfonamides is 1. The Morgan fingerprint density at radius 3 is 2.23 bits per heavy atom. The summed E-state index contributed by atoms with van der Waals surface area (Å²) in [6.07, 6.45) is 0. The molecule has 2 fully saturated rings. The zero-order valence-corrected chi connectivity index (χ0v) is 20.4. The topological polar surface area (TPSA) is 90.0 Å². The van der Waals surface area contributed by atoms with Gasteiger partial charge in [0.25, 0.3) is 5.91 Å². The highest BCUT2D eigenvalue weighted by atomic mass is 32.2. The number of carbonyl (C=O) groups is 2. The third kappa shape index (κ3) is 4.54. The zero-order chi connectivity index (χ0) is 24.6. The summed E-state index contributed by atoms with van der Waals surface area (Å²) in [5.74, 6) is -0.345. The molecule has 1 N–H and O–H groups in total. The molecule has 3 aromatic carbocycles. The van der Waals surface area contributed by atoms with Crippen LogP contribution in [0.25, 0.3) is 10.8 Å². The van der Waals surface area contributed by atoms with E-state index in [0.717, 1.165) is 21.9 Å². The monoisotopic (exact) mass is 492 g/mol. The summed E-state index contributed by atoms with van der Waals surface area (Å²) >= 11 is 0. The highest BCUT2D eigenvalue weighted by Gasteiger charge is 2.49. The van der Waals surface area contributed by atoms with E-state index in [-0.39, 0.29) is 18.3 Å². The van der Waals surface area contributed by atoms with E-state index in [1.807, 2.05) is 65.6 Å². The van der Waals surface area contributed by atoms with Gasteiger partial charge in [-0.15, -0.1) is 0 Å². The SMILES string of the molecule is C[C@]1(c2ccc3ccccc3c2)NC(=O)N(CN2CCN(S(=O)(=O)Cc3ccccc3)CC2)C1=O. The van der Waals surface area contributed by atoms with Crippen LogP contribution in [0, 0.1) is 0 Å². The minimum absolute atomic E-state index is 0.0367. The molecule has 5 rings (SSSR count). The number of amides is 3. The largest absolute Gasteiger partial charge is 0.326 e. The maximum Gasteiger partial charge on any atom is 0.326 e. The number of urea groups is 1. The fraction of sp³-hybridized carbons (Fsp3) is 0.308. The summed E-state index contributed by atoms with van der Waals surface area (Å²) in [7, 11) is -3.43. The van der Waals surface area contributed by atoms with Gasteiger partial charge in [-0.05, 0) is 34.9 Å². The Kier molecular flexibility index (Phi) is 6.08. The highest BCUT2D eigenvalue weighted by molar-refractivity contribution is 7.88. The standard InChI is InChI=1S/C26H28N4O4S/c1-26(23-12-11-21-9-5-6-10-22(21)17-23)24(31)30(25(32)27-26)19-28-13-15-29(16-14-28)35(33,34)18-20-7-3-2-4-8-20/h2-12,17H,13-16,18-19H2,1H3,(H,27,32)/t26-/m1/s1. The van der Waals surface area contributed by atoms with Gasteiger partial charge in [0, 0.05) is 26.2 Å². The first-order valence-electron chi connectivity index (χ1n) is 11.6. The van der Waals surface area contributed by atoms with E-state index in [1.54, 1.807) is 19.1 Å². The van der Waals surface area contributed by atoms with E-state index in [2.05, 4.69) is 5.32 Å². The van der Waals surface area contributed by atoms with Crippen LogP contribution in [0.3, 0.4) is 0 Å². The van der Waals surface area contributed by atoms with Crippen molar-refractivity contribution in [3.63, 3.8) is 0 Å². The van der Waals surface area contributed by atoms with Gasteiger partial charge in [-0.3, -0.25) is 9.69 Å². The average Bonchev–Trinajstić information content (AvgIpc) is 3.08. The molecule has 0 radical (unpaired) electrons. The molecular weight excluding hydrogens is 464 g/mol. The molecule has 3 amide bonds. The zero-order valence-electron chi connectivity index (χ0n) is 19.6. The molecule has 2 aliphatic rings. The Labute approximate surface area is 205 Å². The highest BCUT2D eigenvalue weighted by Crippen LogP contribution is 2.31. The van der Waals surface area contributed by atoms with Crippen LogP contribution in [0.15, 0.2) is 72.8 Å². The number of hydrogen-bond acceptors (Lipinski definition) is 5. The molecule has 2 saturated heterocycles. The van der Waals surface area contributed by atoms with Crippen molar-refractivity contribution in [1.82, 2.24) is 19.4 Å². The lowest BCUT2D eigenvalue weighted by molar-refractivity contribution is -0.132. The van der Waals surface area contributed by atoms with Crippen molar-refractivity contribution in [1.29, 1.82) is 0 Å². The van der Waals surface area contributed by atoms with Crippen molar-refractivity contribution < 1.29 is 18.0 Å². The molecule has 0 unspecified atom stereocenters. The summed E-state index contributed by atoms with van der Waals surface area (Å²) in [5.41, 5.74) is 0.332. The molecule has 1 atom stereocenters. The second-order valence-electron chi connectivity index (χ2n) is 9.25. The maximum absolute atomic E-state index is 13.4. The van der Waals surface area contributed by atoms with Crippen LogP contribution in [0.2, 0.25) is 0 Å². The van der Waals surface area contributed by atoms with E-state index in [4.69, 9.17) is 0 Å². The van der Waals surface area contributed by atoms with Gasteiger partial charge in [0.1, 0.15) is 5.54 Å². The van der Waals surface area contributed by atoms with Crippen LogP contribution < -0.4 is 5.32 Å². The van der Waals surface area contributed by atoms with Crippen LogP contribution in [0.1, 0.15) is 18.1 Å². The lowest BCUT2D eigenvalue weighted by Crippen LogP contribution is -2.53. The molecule has 0 aromatic heterocycles. The number of hydrogen-bond donors (Lipinski definition) is 1. The van der Waals surface area contributed by atoms with Crippen LogP contribution in [0.4, 0.5) is 4.79 Å². The predicted molar refractivity (Wildman–Crippen MR) is 134 cm³/mol. The number of carbonyl (C=O) groups excluding carboxylic acids is 2. The van der Waals surface area contributed by atoms with Gasteiger partial charge in [0.2, 0.25) is 10.0 Å². The fourth-order valence-electron chi connectivity index (χ4n) is 4.75. The van der Waals surface area contributed by atoms with Crippen molar-refractivity contribution in [3.05, 3.63) is 83.9 Å². The number of imide groups is 1. The molecule has 0 aliphatic carbocycles. The second kappa shape index (κ2) is 9.07. The van der Waals surface area contributed by atoms with E-state index < -0.39 is 21.6 Å². The molecule has 2 heterocycles. The van der Waals surface area contributed by atoms with E-state index in [1.165, 1.54) is 9.21 Å². The van der Waals surface area contributed by atoms with Crippen molar-refractivity contribution in [2.75, 3.05) is 32.8 Å². The van der Waals surface area contributed by atoms with Crippen LogP contribution in [-0.4, -0.2) is 67.3 Å². The lowest BCUT2D eigenvalue weighted by atomic mass is 9.90. The van der Waals surface area contributed by atoms with Crippen LogP contribution in [0.5, 0.6) is 0 Å². The first-order chi connectivity index (χ1) is 16.8. The van der Waals surface area contributed by atoms with Gasteiger partial charge in [-0.25, -0.2) is 18.1 Å². The van der Waals surface area contributed by atoms with E-state index in [9.17, 15) is 18.0 Å². The van der Waals surface area contributed by atoms with Gasteiger partial charge in [0.05, 0.1) is 12.4 Å². The van der Waals surface area contributed by atoms with E-state index in [0.29, 0.717) is 26.2 Å². The molecule has 0 spiro atoms. The number of rotatable bonds is 6. The van der Waals surface area contributed by atoms with Crippen molar-refractivity contribution >= 4 is 32.7 Å². The predicted octanol–water partition coefficient (Wildman–Crippen LogP) is 2.71. The van der Waals surface area contributed by atoms with Crippen molar-refractivity contribution in [2.45, 2.75) is 18.2 Å². The Morgan fingerprint density at radius 1 is 0.857 bits per heavy atom. The van der Waals surface area contributed by atoms with Crippen molar-refractivity contribution in [2.24, 2.45) is 0 Å². The maximum atomic E-state index is 13.4. The molecule has 182 valence electrons. The van der Waals surface area contributed by atoms with Crippen LogP contribution >= 0.6 is 0 Å². The first-order valence-corrected chi connectivity index (χ1v) is 13.2. The lowest BCUT2D eigenvalue weighted by Gasteiger charge is -2.35. The minimum atomic E-state index is -3.43. The summed E-state index contributed by atoms with van der Waals surface area (Å²) < 4.78 is 27.1. The third-order valence-electron chi connectivity index (χ3n) is 6.86. The fourth-order valence-corrected chi connectivity index (χ4v) is 6.26. The number of nitrogens with zero attached hydrogens (tertiary/aromatic N) is 3. The molecular formula is C26H28N4O4S. The summed E-state index contributed by atoms with van der Waals surface area (Å²) in [6.45, 7) is 3.38. The van der Waals surface area contributed by atoms with Crippen LogP contribution in [-0.2, 0) is 26.1 Å². The number of nitrogens with one attached hydrogen (secondary N) is 1. The smallest absolute Gasteiger partial charge is 0.319 e. The van der Waals surface area contributed by atoms with Gasteiger partial charge < -0.3 is 5.32 Å². The summed E-state index contributed by atoms with van der Waals surface area (Å²) in [5, 5.41) is 4.93. The first kappa shape index (κ1) is 23.5. The summed E-state index contributed by atoms with van der Waals surface area (Å²) in [4.78, 5) is 29.4. The molecule has 35 heavy (non-hydrogen) atoms. The molecule has 2 aliphatic heterocycles. The summed E-state index contributed by atoms with van der Waals surface area (Å²) in [6, 6.07) is 22.3. The quantitative estimate of drug-likeness (QED) is 0.535. The van der Waals surface area contributed by atoms with Gasteiger partial charge in [-0.1, -0.05) is 66.7 Å². The number of fused-ring (bicyclic) bond motifs is 1. The molecule has 3 aromatic rings. The molecule has 0 saturated carbocycles. The Morgan fingerprint density at radius 2 is 1.51 bits per heavy atom. The van der Waals surface area contributed by atoms with Gasteiger partial charge in [-0.2, -0.15) is 4.31 Å². The van der Waals surface area contributed by atoms with Gasteiger partial charge in [0.15, 0.2) is 0 Å². The Balaban J connectivity index is 1.24. The molecule has 0 bridgehead atoms. The van der Waals surface area contributed by atoms with E-state index >= 15 is 0 Å². The average molecular weight is 493 g/mol. The second-order valence-corrected chi connectivity index (χ2v) is 11.2.